The number of allylic oxidation sites excluding steroid dienone is 1. The molecule has 1 heterocycles. The number of nitrogens with zero attached hydrogens (tertiary/aromatic N) is 1. The van der Waals surface area contributed by atoms with E-state index in [2.05, 4.69) is 0 Å². The molecule has 2 rings (SSSR count). The van der Waals surface area contributed by atoms with Crippen molar-refractivity contribution < 1.29 is 19.4 Å². The van der Waals surface area contributed by atoms with Crippen molar-refractivity contribution in [1.29, 1.82) is 0 Å². The van der Waals surface area contributed by atoms with Crippen LogP contribution in [0.15, 0.2) is 40.4 Å². The van der Waals surface area contributed by atoms with Crippen LogP contribution in [0.1, 0.15) is 30.1 Å². The summed E-state index contributed by atoms with van der Waals surface area (Å²) in [5.41, 5.74) is 0.530. The molecule has 24 heavy (non-hydrogen) atoms. The van der Waals surface area contributed by atoms with Crippen molar-refractivity contribution in [2.24, 2.45) is 0 Å². The predicted octanol–water partition coefficient (Wildman–Crippen LogP) is 4.15. The van der Waals surface area contributed by atoms with Crippen LogP contribution < -0.4 is 4.74 Å². The largest absolute Gasteiger partial charge is 0.496 e. The highest BCUT2D eigenvalue weighted by molar-refractivity contribution is 8.06. The Hall–Kier alpha value is -1.92. The second kappa shape index (κ2) is 8.26. The molecule has 1 aliphatic heterocycles. The number of carboxylic acids is 1. The Balaban J connectivity index is 2.31. The average molecular weight is 368 g/mol. The van der Waals surface area contributed by atoms with Gasteiger partial charge in [-0.15, -0.1) is 0 Å². The summed E-state index contributed by atoms with van der Waals surface area (Å²) in [5, 5.41) is 11.9. The van der Waals surface area contributed by atoms with Crippen molar-refractivity contribution in [2.45, 2.75) is 19.8 Å². The van der Waals surface area contributed by atoms with Gasteiger partial charge in [-0.1, -0.05) is 36.7 Å². The van der Waals surface area contributed by atoms with Crippen LogP contribution in [0, 0.1) is 0 Å². The highest BCUT2D eigenvalue weighted by Crippen LogP contribution is 2.35. The van der Waals surface area contributed by atoms with Crippen LogP contribution in [-0.2, 0) is 4.79 Å². The monoisotopic (exact) mass is 367 g/mol. The molecule has 5 nitrogen and oxygen atoms in total. The number of ether oxygens (including phenoxy) is 1. The number of thioether (sulfide) groups is 1. The lowest BCUT2D eigenvalue weighted by molar-refractivity contribution is -0.134. The molecular weight excluding hydrogens is 350 g/mol. The van der Waals surface area contributed by atoms with Gasteiger partial charge in [0, 0.05) is 23.1 Å². The maximum Gasteiger partial charge on any atom is 0.353 e. The molecule has 0 aromatic heterocycles. The van der Waals surface area contributed by atoms with Gasteiger partial charge in [0.1, 0.15) is 11.4 Å². The third-order valence-corrected chi connectivity index (χ3v) is 4.64. The number of hydrogen-bond acceptors (Lipinski definition) is 5. The van der Waals surface area contributed by atoms with Gasteiger partial charge in [-0.05, 0) is 24.6 Å². The van der Waals surface area contributed by atoms with Gasteiger partial charge >= 0.3 is 5.97 Å². The summed E-state index contributed by atoms with van der Waals surface area (Å²) in [7, 11) is 1.48. The molecule has 0 saturated carbocycles. The molecule has 1 N–H and O–H groups in total. The molecule has 0 unspecified atom stereocenters. The quantitative estimate of drug-likeness (QED) is 0.577. The Morgan fingerprint density at radius 2 is 2.17 bits per heavy atom. The van der Waals surface area contributed by atoms with Crippen LogP contribution in [0.25, 0.3) is 0 Å². The minimum atomic E-state index is -1.00. The summed E-state index contributed by atoms with van der Waals surface area (Å²) in [5.74, 6) is -0.857. The first kappa shape index (κ1) is 18.4. The average Bonchev–Trinajstić information content (AvgIpc) is 2.95. The van der Waals surface area contributed by atoms with E-state index < -0.39 is 5.97 Å². The summed E-state index contributed by atoms with van der Waals surface area (Å²) >= 11 is 7.19. The molecule has 0 fully saturated rings. The topological polar surface area (TPSA) is 66.8 Å². The zero-order valence-electron chi connectivity index (χ0n) is 13.4. The zero-order chi connectivity index (χ0) is 17.7. The summed E-state index contributed by atoms with van der Waals surface area (Å²) < 4.78 is 5.20. The third-order valence-electron chi connectivity index (χ3n) is 3.48. The first-order valence-electron chi connectivity index (χ1n) is 7.45. The van der Waals surface area contributed by atoms with Gasteiger partial charge in [-0.25, -0.2) is 4.79 Å². The normalized spacial score (nSPS) is 15.5. The van der Waals surface area contributed by atoms with Crippen LogP contribution in [-0.4, -0.2) is 35.4 Å². The minimum absolute atomic E-state index is 0.186. The summed E-state index contributed by atoms with van der Waals surface area (Å²) in [6.07, 6.45) is 3.19. The second-order valence-electron chi connectivity index (χ2n) is 5.12. The zero-order valence-corrected chi connectivity index (χ0v) is 15.0. The van der Waals surface area contributed by atoms with E-state index in [0.717, 1.165) is 12.8 Å². The molecule has 0 amide bonds. The Bertz CT molecular complexity index is 715. The van der Waals surface area contributed by atoms with E-state index in [-0.39, 0.29) is 11.5 Å². The van der Waals surface area contributed by atoms with Gasteiger partial charge in [-0.3, -0.25) is 4.79 Å². The van der Waals surface area contributed by atoms with Gasteiger partial charge < -0.3 is 14.7 Å². The fraction of sp³-hybridized carbons (Fsp3) is 0.294. The van der Waals surface area contributed by atoms with Gasteiger partial charge in [0.2, 0.25) is 0 Å². The number of unbranched alkanes of at least 4 members (excludes halogenated alkanes) is 1. The molecule has 1 aliphatic rings. The summed E-state index contributed by atoms with van der Waals surface area (Å²) in [6, 6.07) is 4.82. The van der Waals surface area contributed by atoms with E-state index in [9.17, 15) is 14.7 Å². The molecule has 0 bridgehead atoms. The first-order valence-corrected chi connectivity index (χ1v) is 8.71. The minimum Gasteiger partial charge on any atom is -0.496 e. The molecule has 128 valence electrons. The predicted molar refractivity (Wildman–Crippen MR) is 95.3 cm³/mol. The molecule has 0 saturated heterocycles. The van der Waals surface area contributed by atoms with Crippen LogP contribution in [0.4, 0.5) is 0 Å². The highest BCUT2D eigenvalue weighted by atomic mass is 35.5. The third kappa shape index (κ3) is 4.13. The Morgan fingerprint density at radius 1 is 1.42 bits per heavy atom. The molecule has 1 aromatic rings. The maximum atomic E-state index is 12.6. The van der Waals surface area contributed by atoms with E-state index >= 15 is 0 Å². The molecule has 0 radical (unpaired) electrons. The number of methoxy groups -OCH3 is 1. The number of carbonyl (C=O) groups is 2. The van der Waals surface area contributed by atoms with Crippen LogP contribution in [0.5, 0.6) is 5.75 Å². The van der Waals surface area contributed by atoms with E-state index in [1.807, 2.05) is 6.92 Å². The van der Waals surface area contributed by atoms with Crippen LogP contribution in [0.2, 0.25) is 5.02 Å². The number of benzene rings is 1. The Kier molecular flexibility index (Phi) is 6.34. The van der Waals surface area contributed by atoms with Gasteiger partial charge in [-0.2, -0.15) is 0 Å². The van der Waals surface area contributed by atoms with E-state index in [0.29, 0.717) is 27.9 Å². The lowest BCUT2D eigenvalue weighted by Crippen LogP contribution is -2.24. The SMILES string of the molecule is CCCCN1C(C(=O)O)=CS/C1=C\C(=O)c1cc(Cl)ccc1OC. The van der Waals surface area contributed by atoms with Crippen LogP contribution >= 0.6 is 23.4 Å². The van der Waals surface area contributed by atoms with Crippen molar-refractivity contribution in [3.8, 4) is 5.75 Å². The fourth-order valence-corrected chi connectivity index (χ4v) is 3.37. The molecule has 0 atom stereocenters. The number of aliphatic carboxylic acids is 1. The van der Waals surface area contributed by atoms with E-state index in [1.54, 1.807) is 28.5 Å². The molecule has 7 heteroatoms. The summed E-state index contributed by atoms with van der Waals surface area (Å²) in [6.45, 7) is 2.58. The highest BCUT2D eigenvalue weighted by Gasteiger charge is 2.27. The standard InChI is InChI=1S/C17H18ClNO4S/c1-3-4-7-19-13(17(21)22)10-24-16(19)9-14(20)12-8-11(18)5-6-15(12)23-2/h5-6,8-10H,3-4,7H2,1-2H3,(H,21,22)/b16-9-. The van der Waals surface area contributed by atoms with Crippen LogP contribution in [0.3, 0.4) is 0 Å². The lowest BCUT2D eigenvalue weighted by atomic mass is 10.1. The van der Waals surface area contributed by atoms with Gasteiger partial charge in [0.25, 0.3) is 0 Å². The molecule has 0 spiro atoms. The molecule has 0 aliphatic carbocycles. The molecular formula is C17H18ClNO4S. The summed E-state index contributed by atoms with van der Waals surface area (Å²) in [4.78, 5) is 25.6. The number of halogens is 1. The van der Waals surface area contributed by atoms with Gasteiger partial charge in [0.05, 0.1) is 17.7 Å². The Labute approximate surface area is 149 Å². The fourth-order valence-electron chi connectivity index (χ4n) is 2.25. The van der Waals surface area contributed by atoms with Crippen molar-refractivity contribution in [1.82, 2.24) is 4.90 Å². The van der Waals surface area contributed by atoms with E-state index in [4.69, 9.17) is 16.3 Å². The maximum absolute atomic E-state index is 12.6. The smallest absolute Gasteiger partial charge is 0.353 e. The lowest BCUT2D eigenvalue weighted by Gasteiger charge is -2.20. The molecule has 1 aromatic carbocycles. The van der Waals surface area contributed by atoms with E-state index in [1.165, 1.54) is 24.9 Å². The second-order valence-corrected chi connectivity index (χ2v) is 6.45. The van der Waals surface area contributed by atoms with Crippen molar-refractivity contribution in [2.75, 3.05) is 13.7 Å². The van der Waals surface area contributed by atoms with Crippen molar-refractivity contribution >= 4 is 35.1 Å². The number of hydrogen-bond donors (Lipinski definition) is 1. The Morgan fingerprint density at radius 3 is 2.79 bits per heavy atom. The first-order chi connectivity index (χ1) is 11.5. The number of ketones is 1. The number of carbonyl (C=O) groups excluding carboxylic acids is 1. The van der Waals surface area contributed by atoms with Crippen molar-refractivity contribution in [3.05, 3.63) is 51.0 Å². The number of carboxylic acid groups (broad SMARTS) is 1. The van der Waals surface area contributed by atoms with Gasteiger partial charge in [0.15, 0.2) is 5.78 Å². The van der Waals surface area contributed by atoms with Crippen molar-refractivity contribution in [3.63, 3.8) is 0 Å². The number of rotatable bonds is 7.